The molecule has 1 saturated heterocycles. The summed E-state index contributed by atoms with van der Waals surface area (Å²) in [7, 11) is 1.80. The third-order valence-electron chi connectivity index (χ3n) is 4.59. The molecule has 1 aromatic rings. The number of hydrogen-bond acceptors (Lipinski definition) is 4. The molecule has 2 atom stereocenters. The summed E-state index contributed by atoms with van der Waals surface area (Å²) >= 11 is 1.46. The maximum absolute atomic E-state index is 11.8. The first-order valence-corrected chi connectivity index (χ1v) is 9.92. The van der Waals surface area contributed by atoms with Gasteiger partial charge in [0.05, 0.1) is 4.88 Å². The summed E-state index contributed by atoms with van der Waals surface area (Å²) in [6.07, 6.45) is 0.857. The molecule has 26 heavy (non-hydrogen) atoms. The van der Waals surface area contributed by atoms with Crippen LogP contribution in [0.5, 0.6) is 0 Å². The lowest BCUT2D eigenvalue weighted by Crippen LogP contribution is -2.47. The maximum Gasteiger partial charge on any atom is 0.261 e. The quantitative estimate of drug-likeness (QED) is 0.236. The first-order valence-electron chi connectivity index (χ1n) is 9.04. The summed E-state index contributed by atoms with van der Waals surface area (Å²) in [5, 5.41) is 11.7. The zero-order valence-corrected chi connectivity index (χ0v) is 19.3. The number of rotatable bonds is 7. The molecular weight excluding hydrogens is 461 g/mol. The Labute approximate surface area is 178 Å². The SMILES string of the molecule is CN=C(NCCCNC(=O)c1cccs1)NC1CN(C(C)C)CC1C.I. The van der Waals surface area contributed by atoms with Crippen molar-refractivity contribution in [3.63, 3.8) is 0 Å². The fraction of sp³-hybridized carbons (Fsp3) is 0.667. The molecule has 1 fully saturated rings. The summed E-state index contributed by atoms with van der Waals surface area (Å²) in [6.45, 7) is 10.4. The monoisotopic (exact) mass is 493 g/mol. The Kier molecular flexibility index (Phi) is 10.5. The van der Waals surface area contributed by atoms with Crippen molar-refractivity contribution in [1.29, 1.82) is 0 Å². The van der Waals surface area contributed by atoms with Gasteiger partial charge in [-0.05, 0) is 37.6 Å². The average molecular weight is 493 g/mol. The van der Waals surface area contributed by atoms with Gasteiger partial charge in [0, 0.05) is 45.3 Å². The molecule has 2 heterocycles. The third kappa shape index (κ3) is 7.03. The number of halogens is 1. The molecule has 6 nitrogen and oxygen atoms in total. The number of aliphatic imine (C=N–C) groups is 1. The predicted octanol–water partition coefficient (Wildman–Crippen LogP) is 2.38. The second kappa shape index (κ2) is 11.8. The van der Waals surface area contributed by atoms with Crippen LogP contribution in [-0.4, -0.2) is 62.1 Å². The molecule has 0 aromatic carbocycles. The molecule has 1 aliphatic heterocycles. The van der Waals surface area contributed by atoms with Crippen LogP contribution in [0.3, 0.4) is 0 Å². The Morgan fingerprint density at radius 1 is 1.35 bits per heavy atom. The number of thiophene rings is 1. The van der Waals surface area contributed by atoms with Gasteiger partial charge in [-0.25, -0.2) is 0 Å². The van der Waals surface area contributed by atoms with E-state index < -0.39 is 0 Å². The Morgan fingerprint density at radius 2 is 2.08 bits per heavy atom. The molecule has 8 heteroatoms. The van der Waals surface area contributed by atoms with E-state index in [2.05, 4.69) is 46.6 Å². The van der Waals surface area contributed by atoms with E-state index in [1.54, 1.807) is 7.05 Å². The lowest BCUT2D eigenvalue weighted by Gasteiger charge is -2.22. The van der Waals surface area contributed by atoms with Crippen molar-refractivity contribution in [3.8, 4) is 0 Å². The van der Waals surface area contributed by atoms with Gasteiger partial charge in [-0.2, -0.15) is 0 Å². The number of guanidine groups is 1. The van der Waals surface area contributed by atoms with Gasteiger partial charge in [-0.15, -0.1) is 35.3 Å². The molecule has 1 amide bonds. The second-order valence-corrected chi connectivity index (χ2v) is 7.81. The van der Waals surface area contributed by atoms with Crippen molar-refractivity contribution in [2.75, 3.05) is 33.2 Å². The topological polar surface area (TPSA) is 68.8 Å². The molecule has 3 N–H and O–H groups in total. The molecule has 148 valence electrons. The molecule has 1 aliphatic rings. The second-order valence-electron chi connectivity index (χ2n) is 6.86. The number of hydrogen-bond donors (Lipinski definition) is 3. The van der Waals surface area contributed by atoms with Crippen LogP contribution in [-0.2, 0) is 0 Å². The van der Waals surface area contributed by atoms with Crippen molar-refractivity contribution in [2.24, 2.45) is 10.9 Å². The van der Waals surface area contributed by atoms with Crippen molar-refractivity contribution >= 4 is 47.2 Å². The molecule has 0 aliphatic carbocycles. The van der Waals surface area contributed by atoms with Gasteiger partial charge in [0.1, 0.15) is 0 Å². The van der Waals surface area contributed by atoms with Gasteiger partial charge in [0.25, 0.3) is 5.91 Å². The molecule has 0 radical (unpaired) electrons. The van der Waals surface area contributed by atoms with Crippen LogP contribution < -0.4 is 16.0 Å². The summed E-state index contributed by atoms with van der Waals surface area (Å²) in [5.74, 6) is 1.45. The number of nitrogens with one attached hydrogen (secondary N) is 3. The van der Waals surface area contributed by atoms with Crippen LogP contribution >= 0.6 is 35.3 Å². The molecule has 0 bridgehead atoms. The Bertz CT molecular complexity index is 564. The summed E-state index contributed by atoms with van der Waals surface area (Å²) in [4.78, 5) is 19.4. The van der Waals surface area contributed by atoms with E-state index in [-0.39, 0.29) is 29.9 Å². The van der Waals surface area contributed by atoms with Crippen molar-refractivity contribution in [3.05, 3.63) is 22.4 Å². The van der Waals surface area contributed by atoms with Gasteiger partial charge in [-0.1, -0.05) is 13.0 Å². The van der Waals surface area contributed by atoms with Crippen LogP contribution in [0.2, 0.25) is 0 Å². The van der Waals surface area contributed by atoms with Gasteiger partial charge in [-0.3, -0.25) is 14.7 Å². The molecular formula is C18H32IN5OS. The number of nitrogens with zero attached hydrogens (tertiary/aromatic N) is 2. The largest absolute Gasteiger partial charge is 0.356 e. The smallest absolute Gasteiger partial charge is 0.261 e. The number of carbonyl (C=O) groups is 1. The normalized spacial score (nSPS) is 20.7. The van der Waals surface area contributed by atoms with E-state index in [4.69, 9.17) is 0 Å². The lowest BCUT2D eigenvalue weighted by atomic mass is 10.1. The van der Waals surface area contributed by atoms with E-state index in [9.17, 15) is 4.79 Å². The molecule has 0 spiro atoms. The standard InChI is InChI=1S/C18H31N5OS.HI/c1-13(2)23-11-14(3)15(12-23)22-18(19-4)21-9-6-8-20-17(24)16-7-5-10-25-16;/h5,7,10,13-15H,6,8-9,11-12H2,1-4H3,(H,20,24)(H2,19,21,22);1H. The van der Waals surface area contributed by atoms with E-state index >= 15 is 0 Å². The first-order chi connectivity index (χ1) is 12.0. The van der Waals surface area contributed by atoms with Gasteiger partial charge >= 0.3 is 0 Å². The van der Waals surface area contributed by atoms with Crippen molar-refractivity contribution < 1.29 is 4.79 Å². The summed E-state index contributed by atoms with van der Waals surface area (Å²) in [6, 6.07) is 4.73. The zero-order chi connectivity index (χ0) is 18.2. The Hall–Kier alpha value is -0.870. The molecule has 0 saturated carbocycles. The van der Waals surface area contributed by atoms with Crippen LogP contribution in [0, 0.1) is 5.92 Å². The van der Waals surface area contributed by atoms with Crippen LogP contribution in [0.25, 0.3) is 0 Å². The van der Waals surface area contributed by atoms with Crippen molar-refractivity contribution in [2.45, 2.75) is 39.3 Å². The Morgan fingerprint density at radius 3 is 2.65 bits per heavy atom. The highest BCUT2D eigenvalue weighted by Crippen LogP contribution is 2.18. The number of carbonyl (C=O) groups excluding carboxylic acids is 1. The third-order valence-corrected chi connectivity index (χ3v) is 5.46. The molecule has 1 aromatic heterocycles. The zero-order valence-electron chi connectivity index (χ0n) is 16.1. The predicted molar refractivity (Wildman–Crippen MR) is 121 cm³/mol. The number of amides is 1. The fourth-order valence-electron chi connectivity index (χ4n) is 2.98. The molecule has 2 unspecified atom stereocenters. The minimum Gasteiger partial charge on any atom is -0.356 e. The van der Waals surface area contributed by atoms with E-state index in [1.807, 2.05) is 17.5 Å². The average Bonchev–Trinajstić information content (AvgIpc) is 3.23. The fourth-order valence-corrected chi connectivity index (χ4v) is 3.62. The highest BCUT2D eigenvalue weighted by Gasteiger charge is 2.31. The highest BCUT2D eigenvalue weighted by molar-refractivity contribution is 14.0. The molecule has 2 rings (SSSR count). The first kappa shape index (κ1) is 23.2. The van der Waals surface area contributed by atoms with Gasteiger partial charge < -0.3 is 16.0 Å². The van der Waals surface area contributed by atoms with E-state index in [0.29, 0.717) is 24.5 Å². The summed E-state index contributed by atoms with van der Waals surface area (Å²) in [5.41, 5.74) is 0. The highest BCUT2D eigenvalue weighted by atomic mass is 127. The van der Waals surface area contributed by atoms with E-state index in [0.717, 1.165) is 36.9 Å². The Balaban J connectivity index is 0.00000338. The van der Waals surface area contributed by atoms with Gasteiger partial charge in [0.15, 0.2) is 5.96 Å². The maximum atomic E-state index is 11.8. The van der Waals surface area contributed by atoms with Crippen LogP contribution in [0.4, 0.5) is 0 Å². The van der Waals surface area contributed by atoms with Crippen LogP contribution in [0.1, 0.15) is 36.9 Å². The van der Waals surface area contributed by atoms with Crippen molar-refractivity contribution in [1.82, 2.24) is 20.9 Å². The minimum atomic E-state index is 0. The van der Waals surface area contributed by atoms with Gasteiger partial charge in [0.2, 0.25) is 0 Å². The number of likely N-dealkylation sites (tertiary alicyclic amines) is 1. The summed E-state index contributed by atoms with van der Waals surface area (Å²) < 4.78 is 0. The minimum absolute atomic E-state index is 0. The lowest BCUT2D eigenvalue weighted by molar-refractivity contribution is 0.0957. The van der Waals surface area contributed by atoms with E-state index in [1.165, 1.54) is 11.3 Å². The van der Waals surface area contributed by atoms with Crippen LogP contribution in [0.15, 0.2) is 22.5 Å².